The standard InChI is InChI=1S/C11H23N3O3/c1-4-9(5-2)14-10(15)8(3)13-6-7-17-11(12)16/h8-9,13H,4-7H2,1-3H3,(H2,12,16)(H,14,15). The van der Waals surface area contributed by atoms with E-state index >= 15 is 0 Å². The Morgan fingerprint density at radius 1 is 1.29 bits per heavy atom. The third kappa shape index (κ3) is 7.57. The molecule has 0 saturated carbocycles. The van der Waals surface area contributed by atoms with Crippen molar-refractivity contribution in [3.05, 3.63) is 0 Å². The molecule has 1 unspecified atom stereocenters. The molecule has 0 rings (SSSR count). The van der Waals surface area contributed by atoms with Crippen LogP contribution in [-0.2, 0) is 9.53 Å². The highest BCUT2D eigenvalue weighted by molar-refractivity contribution is 5.81. The van der Waals surface area contributed by atoms with Gasteiger partial charge in [-0.25, -0.2) is 4.79 Å². The molecule has 0 radical (unpaired) electrons. The monoisotopic (exact) mass is 245 g/mol. The van der Waals surface area contributed by atoms with Gasteiger partial charge in [-0.05, 0) is 19.8 Å². The van der Waals surface area contributed by atoms with Gasteiger partial charge in [-0.15, -0.1) is 0 Å². The highest BCUT2D eigenvalue weighted by atomic mass is 16.5. The number of primary amides is 1. The van der Waals surface area contributed by atoms with E-state index in [0.717, 1.165) is 12.8 Å². The fourth-order valence-electron chi connectivity index (χ4n) is 1.34. The van der Waals surface area contributed by atoms with Crippen LogP contribution in [0, 0.1) is 0 Å². The molecule has 6 heteroatoms. The molecule has 17 heavy (non-hydrogen) atoms. The molecule has 0 aromatic heterocycles. The van der Waals surface area contributed by atoms with E-state index in [1.54, 1.807) is 6.92 Å². The molecule has 1 atom stereocenters. The van der Waals surface area contributed by atoms with Crippen molar-refractivity contribution in [2.24, 2.45) is 5.73 Å². The molecule has 0 heterocycles. The molecule has 0 aliphatic carbocycles. The number of hydrogen-bond donors (Lipinski definition) is 3. The van der Waals surface area contributed by atoms with E-state index in [-0.39, 0.29) is 24.6 Å². The first-order chi connectivity index (χ1) is 8.01. The fourth-order valence-corrected chi connectivity index (χ4v) is 1.34. The lowest BCUT2D eigenvalue weighted by Gasteiger charge is -2.19. The Hall–Kier alpha value is -1.30. The lowest BCUT2D eigenvalue weighted by Crippen LogP contribution is -2.46. The summed E-state index contributed by atoms with van der Waals surface area (Å²) in [4.78, 5) is 22.0. The number of nitrogens with one attached hydrogen (secondary N) is 2. The van der Waals surface area contributed by atoms with Gasteiger partial charge in [0, 0.05) is 12.6 Å². The number of nitrogens with two attached hydrogens (primary N) is 1. The van der Waals surface area contributed by atoms with Crippen LogP contribution >= 0.6 is 0 Å². The van der Waals surface area contributed by atoms with Crippen LogP contribution in [0.1, 0.15) is 33.6 Å². The van der Waals surface area contributed by atoms with Crippen LogP contribution in [0.2, 0.25) is 0 Å². The van der Waals surface area contributed by atoms with Crippen LogP contribution in [0.3, 0.4) is 0 Å². The lowest BCUT2D eigenvalue weighted by molar-refractivity contribution is -0.123. The number of carbonyl (C=O) groups is 2. The average Bonchev–Trinajstić information content (AvgIpc) is 2.30. The zero-order valence-electron chi connectivity index (χ0n) is 10.8. The number of carbonyl (C=O) groups excluding carboxylic acids is 2. The van der Waals surface area contributed by atoms with Crippen molar-refractivity contribution in [1.29, 1.82) is 0 Å². The molecule has 0 aromatic carbocycles. The van der Waals surface area contributed by atoms with Crippen LogP contribution < -0.4 is 16.4 Å². The maximum absolute atomic E-state index is 11.7. The first-order valence-electron chi connectivity index (χ1n) is 5.97. The Balaban J connectivity index is 3.77. The molecule has 0 saturated heterocycles. The molecule has 0 bridgehead atoms. The van der Waals surface area contributed by atoms with Crippen LogP contribution in [-0.4, -0.2) is 37.2 Å². The summed E-state index contributed by atoms with van der Waals surface area (Å²) in [6.07, 6.45) is 1.03. The van der Waals surface area contributed by atoms with Crippen molar-refractivity contribution in [3.8, 4) is 0 Å². The molecule has 0 spiro atoms. The van der Waals surface area contributed by atoms with E-state index in [1.807, 2.05) is 13.8 Å². The first-order valence-corrected chi connectivity index (χ1v) is 5.97. The van der Waals surface area contributed by atoms with Gasteiger partial charge in [0.1, 0.15) is 6.61 Å². The summed E-state index contributed by atoms with van der Waals surface area (Å²) in [5, 5.41) is 5.88. The van der Waals surface area contributed by atoms with E-state index in [9.17, 15) is 9.59 Å². The Labute approximate surface area is 102 Å². The van der Waals surface area contributed by atoms with Crippen LogP contribution in [0.15, 0.2) is 0 Å². The zero-order valence-corrected chi connectivity index (χ0v) is 10.8. The number of hydrogen-bond acceptors (Lipinski definition) is 4. The number of ether oxygens (including phenoxy) is 1. The van der Waals surface area contributed by atoms with Crippen molar-refractivity contribution in [1.82, 2.24) is 10.6 Å². The van der Waals surface area contributed by atoms with Gasteiger partial charge in [0.15, 0.2) is 0 Å². The van der Waals surface area contributed by atoms with Gasteiger partial charge in [-0.3, -0.25) is 4.79 Å². The molecule has 0 fully saturated rings. The molecular weight excluding hydrogens is 222 g/mol. The normalized spacial score (nSPS) is 12.2. The Morgan fingerprint density at radius 2 is 1.88 bits per heavy atom. The maximum Gasteiger partial charge on any atom is 0.404 e. The van der Waals surface area contributed by atoms with Gasteiger partial charge in [-0.1, -0.05) is 13.8 Å². The molecule has 4 N–H and O–H groups in total. The molecule has 0 aliphatic heterocycles. The van der Waals surface area contributed by atoms with Crippen molar-refractivity contribution in [3.63, 3.8) is 0 Å². The second-order valence-electron chi connectivity index (χ2n) is 3.87. The van der Waals surface area contributed by atoms with E-state index in [0.29, 0.717) is 6.54 Å². The lowest BCUT2D eigenvalue weighted by atomic mass is 10.1. The summed E-state index contributed by atoms with van der Waals surface area (Å²) >= 11 is 0. The summed E-state index contributed by atoms with van der Waals surface area (Å²) < 4.78 is 4.54. The summed E-state index contributed by atoms with van der Waals surface area (Å²) in [6, 6.07) is -0.0966. The number of amides is 2. The molecule has 100 valence electrons. The van der Waals surface area contributed by atoms with Crippen LogP contribution in [0.25, 0.3) is 0 Å². The van der Waals surface area contributed by atoms with Crippen LogP contribution in [0.4, 0.5) is 4.79 Å². The Kier molecular flexibility index (Phi) is 8.13. The summed E-state index contributed by atoms with van der Waals surface area (Å²) in [5.41, 5.74) is 4.80. The highest BCUT2D eigenvalue weighted by Crippen LogP contribution is 1.96. The number of rotatable bonds is 8. The van der Waals surface area contributed by atoms with E-state index in [4.69, 9.17) is 5.73 Å². The highest BCUT2D eigenvalue weighted by Gasteiger charge is 2.14. The third-order valence-electron chi connectivity index (χ3n) is 2.52. The molecular formula is C11H23N3O3. The van der Waals surface area contributed by atoms with Gasteiger partial charge in [0.05, 0.1) is 6.04 Å². The van der Waals surface area contributed by atoms with Crippen molar-refractivity contribution >= 4 is 12.0 Å². The minimum Gasteiger partial charge on any atom is -0.448 e. The Morgan fingerprint density at radius 3 is 2.35 bits per heavy atom. The minimum atomic E-state index is -0.805. The fraction of sp³-hybridized carbons (Fsp3) is 0.818. The van der Waals surface area contributed by atoms with Gasteiger partial charge < -0.3 is 21.1 Å². The summed E-state index contributed by atoms with van der Waals surface area (Å²) in [6.45, 7) is 6.40. The zero-order chi connectivity index (χ0) is 13.3. The van der Waals surface area contributed by atoms with Crippen molar-refractivity contribution < 1.29 is 14.3 Å². The summed E-state index contributed by atoms with van der Waals surface area (Å²) in [5.74, 6) is -0.0437. The minimum absolute atomic E-state index is 0.0437. The molecule has 2 amide bonds. The second kappa shape index (κ2) is 8.81. The second-order valence-corrected chi connectivity index (χ2v) is 3.87. The molecule has 6 nitrogen and oxygen atoms in total. The van der Waals surface area contributed by atoms with E-state index < -0.39 is 6.09 Å². The van der Waals surface area contributed by atoms with Crippen molar-refractivity contribution in [2.45, 2.75) is 45.7 Å². The topological polar surface area (TPSA) is 93.4 Å². The summed E-state index contributed by atoms with van der Waals surface area (Å²) in [7, 11) is 0. The maximum atomic E-state index is 11.7. The predicted octanol–water partition coefficient (Wildman–Crippen LogP) is 0.365. The van der Waals surface area contributed by atoms with Gasteiger partial charge in [-0.2, -0.15) is 0 Å². The first kappa shape index (κ1) is 15.7. The van der Waals surface area contributed by atoms with Crippen molar-refractivity contribution in [2.75, 3.05) is 13.2 Å². The Bertz CT molecular complexity index is 242. The van der Waals surface area contributed by atoms with Gasteiger partial charge >= 0.3 is 6.09 Å². The predicted molar refractivity (Wildman–Crippen MR) is 65.5 cm³/mol. The smallest absolute Gasteiger partial charge is 0.404 e. The van der Waals surface area contributed by atoms with Gasteiger partial charge in [0.2, 0.25) is 5.91 Å². The van der Waals surface area contributed by atoms with E-state index in [2.05, 4.69) is 15.4 Å². The van der Waals surface area contributed by atoms with E-state index in [1.165, 1.54) is 0 Å². The van der Waals surface area contributed by atoms with Crippen LogP contribution in [0.5, 0.6) is 0 Å². The quantitative estimate of drug-likeness (QED) is 0.538. The third-order valence-corrected chi connectivity index (χ3v) is 2.52. The average molecular weight is 245 g/mol. The largest absolute Gasteiger partial charge is 0.448 e. The molecule has 0 aromatic rings. The molecule has 0 aliphatic rings. The SMILES string of the molecule is CCC(CC)NC(=O)C(C)NCCOC(N)=O. The van der Waals surface area contributed by atoms with Gasteiger partial charge in [0.25, 0.3) is 0 Å².